The van der Waals surface area contributed by atoms with Gasteiger partial charge in [0.2, 0.25) is 0 Å². The van der Waals surface area contributed by atoms with Crippen LogP contribution in [0.15, 0.2) is 49.7 Å². The first kappa shape index (κ1) is 15.5. The van der Waals surface area contributed by atoms with E-state index >= 15 is 0 Å². The largest absolute Gasteiger partial charge is 0.507 e. The summed E-state index contributed by atoms with van der Waals surface area (Å²) in [7, 11) is 0. The van der Waals surface area contributed by atoms with Crippen LogP contribution in [0.5, 0.6) is 5.75 Å². The fourth-order valence-corrected chi connectivity index (χ4v) is 3.31. The summed E-state index contributed by atoms with van der Waals surface area (Å²) in [5.74, 6) is 1.20. The fraction of sp³-hybridized carbons (Fsp3) is 0.263. The molecule has 2 aromatic heterocycles. The summed E-state index contributed by atoms with van der Waals surface area (Å²) in [6.07, 6.45) is 11.6. The molecule has 0 atom stereocenters. The maximum atomic E-state index is 10.3. The van der Waals surface area contributed by atoms with Gasteiger partial charge in [-0.1, -0.05) is 19.4 Å². The lowest BCUT2D eigenvalue weighted by atomic mass is 9.98. The lowest BCUT2D eigenvalue weighted by Crippen LogP contribution is -2.04. The van der Waals surface area contributed by atoms with Crippen LogP contribution in [0.3, 0.4) is 0 Å². The number of phenols is 1. The number of imidazole rings is 1. The van der Waals surface area contributed by atoms with Crippen LogP contribution in [0, 0.1) is 5.92 Å². The molecule has 0 bridgehead atoms. The Morgan fingerprint density at radius 1 is 1.20 bits per heavy atom. The SMILES string of the molecule is C=C(c1ncc(-c2ccc(-n3ccnc3)cc2O)nn1)C1CCCC1. The molecule has 0 aliphatic heterocycles. The maximum Gasteiger partial charge on any atom is 0.177 e. The number of nitrogens with zero attached hydrogens (tertiary/aromatic N) is 5. The van der Waals surface area contributed by atoms with Crippen LogP contribution in [-0.2, 0) is 0 Å². The molecule has 0 spiro atoms. The minimum absolute atomic E-state index is 0.129. The molecule has 25 heavy (non-hydrogen) atoms. The molecule has 1 aliphatic carbocycles. The van der Waals surface area contributed by atoms with Gasteiger partial charge in [-0.05, 0) is 36.5 Å². The quantitative estimate of drug-likeness (QED) is 0.789. The number of hydrogen-bond donors (Lipinski definition) is 1. The van der Waals surface area contributed by atoms with Crippen molar-refractivity contribution in [2.24, 2.45) is 5.92 Å². The second kappa shape index (κ2) is 6.47. The molecular formula is C19H19N5O. The first-order valence-corrected chi connectivity index (χ1v) is 8.43. The zero-order valence-corrected chi connectivity index (χ0v) is 13.8. The average Bonchev–Trinajstić information content (AvgIpc) is 3.35. The van der Waals surface area contributed by atoms with Crippen LogP contribution in [0.25, 0.3) is 22.5 Å². The first-order valence-electron chi connectivity index (χ1n) is 8.43. The molecule has 4 rings (SSSR count). The molecule has 1 saturated carbocycles. The summed E-state index contributed by atoms with van der Waals surface area (Å²) in [5.41, 5.74) is 2.93. The number of rotatable bonds is 4. The second-order valence-corrected chi connectivity index (χ2v) is 6.35. The summed E-state index contributed by atoms with van der Waals surface area (Å²) in [5, 5.41) is 18.8. The predicted octanol–water partition coefficient (Wildman–Crippen LogP) is 3.63. The van der Waals surface area contributed by atoms with Crippen LogP contribution < -0.4 is 0 Å². The molecule has 1 N–H and O–H groups in total. The van der Waals surface area contributed by atoms with E-state index in [1.54, 1.807) is 24.8 Å². The highest BCUT2D eigenvalue weighted by Crippen LogP contribution is 2.34. The van der Waals surface area contributed by atoms with Crippen molar-refractivity contribution in [3.8, 4) is 22.7 Å². The van der Waals surface area contributed by atoms with Gasteiger partial charge in [0, 0.05) is 24.0 Å². The Kier molecular flexibility index (Phi) is 4.01. The van der Waals surface area contributed by atoms with E-state index in [9.17, 15) is 5.11 Å². The minimum atomic E-state index is 0.129. The molecule has 0 unspecified atom stereocenters. The van der Waals surface area contributed by atoms with Crippen molar-refractivity contribution in [2.45, 2.75) is 25.7 Å². The van der Waals surface area contributed by atoms with Gasteiger partial charge in [0.15, 0.2) is 5.82 Å². The van der Waals surface area contributed by atoms with E-state index in [2.05, 4.69) is 26.7 Å². The van der Waals surface area contributed by atoms with Crippen LogP contribution in [-0.4, -0.2) is 29.8 Å². The van der Waals surface area contributed by atoms with E-state index in [0.29, 0.717) is 23.0 Å². The normalized spacial score (nSPS) is 14.7. The van der Waals surface area contributed by atoms with Gasteiger partial charge < -0.3 is 9.67 Å². The van der Waals surface area contributed by atoms with E-state index in [1.165, 1.54) is 12.8 Å². The monoisotopic (exact) mass is 333 g/mol. The second-order valence-electron chi connectivity index (χ2n) is 6.35. The molecule has 1 aliphatic rings. The topological polar surface area (TPSA) is 76.7 Å². The Balaban J connectivity index is 1.58. The molecule has 2 heterocycles. The maximum absolute atomic E-state index is 10.3. The Labute approximate surface area is 145 Å². The van der Waals surface area contributed by atoms with Gasteiger partial charge in [0.05, 0.1) is 18.2 Å². The lowest BCUT2D eigenvalue weighted by Gasteiger charge is -2.11. The van der Waals surface area contributed by atoms with Crippen molar-refractivity contribution in [3.63, 3.8) is 0 Å². The number of aromatic hydroxyl groups is 1. The third-order valence-corrected chi connectivity index (χ3v) is 4.76. The van der Waals surface area contributed by atoms with E-state index < -0.39 is 0 Å². The number of allylic oxidation sites excluding steroid dienone is 1. The van der Waals surface area contributed by atoms with Crippen LogP contribution >= 0.6 is 0 Å². The molecular weight excluding hydrogens is 314 g/mol. The van der Waals surface area contributed by atoms with Crippen LogP contribution in [0.4, 0.5) is 0 Å². The number of hydrogen-bond acceptors (Lipinski definition) is 5. The molecule has 3 aromatic rings. The third kappa shape index (κ3) is 3.03. The third-order valence-electron chi connectivity index (χ3n) is 4.76. The summed E-state index contributed by atoms with van der Waals surface area (Å²) in [6.45, 7) is 4.14. The van der Waals surface area contributed by atoms with Crippen molar-refractivity contribution in [3.05, 3.63) is 55.5 Å². The summed E-state index contributed by atoms with van der Waals surface area (Å²) < 4.78 is 1.82. The van der Waals surface area contributed by atoms with Crippen molar-refractivity contribution in [2.75, 3.05) is 0 Å². The van der Waals surface area contributed by atoms with Crippen molar-refractivity contribution in [1.82, 2.24) is 24.7 Å². The molecule has 0 radical (unpaired) electrons. The standard InChI is InChI=1S/C19H19N5O/c1-13(14-4-2-3-5-14)19-21-11-17(22-23-19)16-7-6-15(10-18(16)25)24-9-8-20-12-24/h6-12,14,25H,1-5H2. The van der Waals surface area contributed by atoms with E-state index in [4.69, 9.17) is 0 Å². The smallest absolute Gasteiger partial charge is 0.177 e. The molecule has 126 valence electrons. The van der Waals surface area contributed by atoms with Crippen LogP contribution in [0.2, 0.25) is 0 Å². The van der Waals surface area contributed by atoms with Gasteiger partial charge >= 0.3 is 0 Å². The molecule has 0 saturated heterocycles. The molecule has 6 nitrogen and oxygen atoms in total. The Morgan fingerprint density at radius 2 is 2.04 bits per heavy atom. The number of aromatic nitrogens is 5. The van der Waals surface area contributed by atoms with Crippen molar-refractivity contribution >= 4 is 5.57 Å². The number of benzene rings is 1. The van der Waals surface area contributed by atoms with Gasteiger partial charge in [0.1, 0.15) is 11.4 Å². The number of phenolic OH excluding ortho intramolecular Hbond substituents is 1. The van der Waals surface area contributed by atoms with E-state index in [0.717, 1.165) is 24.1 Å². The van der Waals surface area contributed by atoms with Crippen molar-refractivity contribution in [1.29, 1.82) is 0 Å². The fourth-order valence-electron chi connectivity index (χ4n) is 3.31. The Bertz CT molecular complexity index is 881. The van der Waals surface area contributed by atoms with Gasteiger partial charge in [-0.2, -0.15) is 0 Å². The zero-order chi connectivity index (χ0) is 17.2. The van der Waals surface area contributed by atoms with Gasteiger partial charge in [-0.25, -0.2) is 9.97 Å². The first-order chi connectivity index (χ1) is 12.2. The van der Waals surface area contributed by atoms with E-state index in [1.807, 2.05) is 22.9 Å². The highest BCUT2D eigenvalue weighted by molar-refractivity contribution is 5.68. The molecule has 1 aromatic carbocycles. The van der Waals surface area contributed by atoms with E-state index in [-0.39, 0.29) is 5.75 Å². The lowest BCUT2D eigenvalue weighted by molar-refractivity contribution is 0.476. The highest BCUT2D eigenvalue weighted by atomic mass is 16.3. The average molecular weight is 333 g/mol. The van der Waals surface area contributed by atoms with Crippen LogP contribution in [0.1, 0.15) is 31.5 Å². The van der Waals surface area contributed by atoms with Gasteiger partial charge in [-0.3, -0.25) is 0 Å². The Morgan fingerprint density at radius 3 is 2.68 bits per heavy atom. The summed E-state index contributed by atoms with van der Waals surface area (Å²) in [4.78, 5) is 8.42. The minimum Gasteiger partial charge on any atom is -0.507 e. The van der Waals surface area contributed by atoms with Gasteiger partial charge in [0.25, 0.3) is 0 Å². The summed E-state index contributed by atoms with van der Waals surface area (Å²) >= 11 is 0. The zero-order valence-electron chi connectivity index (χ0n) is 13.8. The summed E-state index contributed by atoms with van der Waals surface area (Å²) in [6, 6.07) is 5.37. The molecule has 0 amide bonds. The van der Waals surface area contributed by atoms with Gasteiger partial charge in [-0.15, -0.1) is 10.2 Å². The predicted molar refractivity (Wildman–Crippen MR) is 95.0 cm³/mol. The molecule has 6 heteroatoms. The molecule has 1 fully saturated rings. The highest BCUT2D eigenvalue weighted by Gasteiger charge is 2.21. The Hall–Kier alpha value is -3.02. The van der Waals surface area contributed by atoms with Crippen molar-refractivity contribution < 1.29 is 5.11 Å².